The second-order valence-corrected chi connectivity index (χ2v) is 4.73. The van der Waals surface area contributed by atoms with Crippen LogP contribution in [0, 0.1) is 0 Å². The number of ether oxygens (including phenoxy) is 3. The molecule has 0 amide bonds. The van der Waals surface area contributed by atoms with E-state index in [1.807, 2.05) is 25.4 Å². The van der Waals surface area contributed by atoms with Gasteiger partial charge in [0.2, 0.25) is 5.75 Å². The van der Waals surface area contributed by atoms with Gasteiger partial charge >= 0.3 is 0 Å². The highest BCUT2D eigenvalue weighted by molar-refractivity contribution is 5.55. The van der Waals surface area contributed by atoms with Crippen molar-refractivity contribution >= 4 is 5.69 Å². The Balaban J connectivity index is 2.30. The predicted octanol–water partition coefficient (Wildman–Crippen LogP) is 2.62. The molecule has 1 aromatic heterocycles. The van der Waals surface area contributed by atoms with E-state index < -0.39 is 0 Å². The minimum Gasteiger partial charge on any atom is -0.493 e. The van der Waals surface area contributed by atoms with E-state index in [1.54, 1.807) is 32.2 Å². The van der Waals surface area contributed by atoms with Crippen LogP contribution in [0.1, 0.15) is 18.5 Å². The lowest BCUT2D eigenvalue weighted by atomic mass is 10.1. The molecule has 0 aliphatic rings. The maximum absolute atomic E-state index is 5.37. The number of methoxy groups -OCH3 is 3. The SMILES string of the molecule is COc1cc(C(C)Nc2cnn(C)c2)cc(OC)c1OC. The van der Waals surface area contributed by atoms with E-state index in [4.69, 9.17) is 14.2 Å². The molecule has 0 aliphatic heterocycles. The van der Waals surface area contributed by atoms with Crippen molar-refractivity contribution in [3.8, 4) is 17.2 Å². The van der Waals surface area contributed by atoms with Crippen LogP contribution in [-0.2, 0) is 7.05 Å². The van der Waals surface area contributed by atoms with Gasteiger partial charge in [0, 0.05) is 19.3 Å². The average molecular weight is 291 g/mol. The second-order valence-electron chi connectivity index (χ2n) is 4.73. The first kappa shape index (κ1) is 15.0. The number of anilines is 1. The quantitative estimate of drug-likeness (QED) is 0.886. The Morgan fingerprint density at radius 2 is 1.71 bits per heavy atom. The number of aromatic nitrogens is 2. The van der Waals surface area contributed by atoms with Gasteiger partial charge in [0.1, 0.15) is 0 Å². The smallest absolute Gasteiger partial charge is 0.203 e. The lowest BCUT2D eigenvalue weighted by Crippen LogP contribution is -2.07. The number of benzene rings is 1. The molecule has 1 unspecified atom stereocenters. The number of aryl methyl sites for hydroxylation is 1. The molecule has 6 nitrogen and oxygen atoms in total. The Morgan fingerprint density at radius 1 is 1.10 bits per heavy atom. The van der Waals surface area contributed by atoms with Crippen LogP contribution in [-0.4, -0.2) is 31.1 Å². The van der Waals surface area contributed by atoms with Crippen molar-refractivity contribution in [3.05, 3.63) is 30.1 Å². The van der Waals surface area contributed by atoms with E-state index in [9.17, 15) is 0 Å². The van der Waals surface area contributed by atoms with Crippen LogP contribution >= 0.6 is 0 Å². The molecule has 0 saturated heterocycles. The topological polar surface area (TPSA) is 57.5 Å². The zero-order valence-electron chi connectivity index (χ0n) is 13.0. The van der Waals surface area contributed by atoms with Gasteiger partial charge < -0.3 is 19.5 Å². The van der Waals surface area contributed by atoms with Crippen LogP contribution in [0.15, 0.2) is 24.5 Å². The summed E-state index contributed by atoms with van der Waals surface area (Å²) >= 11 is 0. The predicted molar refractivity (Wildman–Crippen MR) is 81.3 cm³/mol. The molecular weight excluding hydrogens is 270 g/mol. The van der Waals surface area contributed by atoms with Gasteiger partial charge in [-0.15, -0.1) is 0 Å². The zero-order chi connectivity index (χ0) is 15.4. The molecule has 1 N–H and O–H groups in total. The monoisotopic (exact) mass is 291 g/mol. The molecule has 21 heavy (non-hydrogen) atoms. The van der Waals surface area contributed by atoms with Gasteiger partial charge in [-0.2, -0.15) is 5.10 Å². The first-order chi connectivity index (χ1) is 10.1. The van der Waals surface area contributed by atoms with Crippen molar-refractivity contribution in [2.24, 2.45) is 7.05 Å². The first-order valence-electron chi connectivity index (χ1n) is 6.64. The fraction of sp³-hybridized carbons (Fsp3) is 0.400. The third kappa shape index (κ3) is 3.21. The Labute approximate surface area is 124 Å². The molecule has 2 aromatic rings. The molecule has 0 bridgehead atoms. The number of rotatable bonds is 6. The fourth-order valence-electron chi connectivity index (χ4n) is 2.18. The minimum absolute atomic E-state index is 0.0721. The van der Waals surface area contributed by atoms with Gasteiger partial charge in [0.15, 0.2) is 11.5 Å². The summed E-state index contributed by atoms with van der Waals surface area (Å²) in [4.78, 5) is 0. The molecule has 6 heteroatoms. The van der Waals surface area contributed by atoms with Crippen molar-refractivity contribution < 1.29 is 14.2 Å². The fourth-order valence-corrected chi connectivity index (χ4v) is 2.18. The normalized spacial score (nSPS) is 11.9. The maximum Gasteiger partial charge on any atom is 0.203 e. The number of nitrogens with one attached hydrogen (secondary N) is 1. The Kier molecular flexibility index (Phi) is 4.57. The van der Waals surface area contributed by atoms with Crippen molar-refractivity contribution in [2.75, 3.05) is 26.6 Å². The van der Waals surface area contributed by atoms with E-state index in [0.717, 1.165) is 11.3 Å². The van der Waals surface area contributed by atoms with E-state index in [0.29, 0.717) is 17.2 Å². The third-order valence-corrected chi connectivity index (χ3v) is 3.28. The van der Waals surface area contributed by atoms with E-state index in [2.05, 4.69) is 17.3 Å². The minimum atomic E-state index is 0.0721. The van der Waals surface area contributed by atoms with E-state index in [-0.39, 0.29) is 6.04 Å². The summed E-state index contributed by atoms with van der Waals surface area (Å²) in [6.07, 6.45) is 3.71. The van der Waals surface area contributed by atoms with Gasteiger partial charge in [-0.3, -0.25) is 4.68 Å². The molecule has 0 fully saturated rings. The number of hydrogen-bond acceptors (Lipinski definition) is 5. The van der Waals surface area contributed by atoms with Crippen LogP contribution in [0.4, 0.5) is 5.69 Å². The van der Waals surface area contributed by atoms with Crippen LogP contribution in [0.3, 0.4) is 0 Å². The van der Waals surface area contributed by atoms with Crippen LogP contribution in [0.25, 0.3) is 0 Å². The summed E-state index contributed by atoms with van der Waals surface area (Å²) in [6.45, 7) is 2.06. The van der Waals surface area contributed by atoms with Crippen molar-refractivity contribution in [1.29, 1.82) is 0 Å². The van der Waals surface area contributed by atoms with Gasteiger partial charge in [-0.1, -0.05) is 0 Å². The molecule has 2 rings (SSSR count). The van der Waals surface area contributed by atoms with Crippen LogP contribution in [0.5, 0.6) is 17.2 Å². The standard InChI is InChI=1S/C15H21N3O3/c1-10(17-12-8-16-18(2)9-12)11-6-13(19-3)15(21-5)14(7-11)20-4/h6-10,17H,1-5H3. The molecule has 0 spiro atoms. The summed E-state index contributed by atoms with van der Waals surface area (Å²) < 4.78 is 17.8. The molecule has 0 aliphatic carbocycles. The lowest BCUT2D eigenvalue weighted by molar-refractivity contribution is 0.323. The lowest BCUT2D eigenvalue weighted by Gasteiger charge is -2.18. The highest BCUT2D eigenvalue weighted by Crippen LogP contribution is 2.40. The Morgan fingerprint density at radius 3 is 2.14 bits per heavy atom. The second kappa shape index (κ2) is 6.39. The third-order valence-electron chi connectivity index (χ3n) is 3.28. The largest absolute Gasteiger partial charge is 0.493 e. The summed E-state index contributed by atoms with van der Waals surface area (Å²) in [5, 5.41) is 7.53. The van der Waals surface area contributed by atoms with Gasteiger partial charge in [-0.05, 0) is 24.6 Å². The van der Waals surface area contributed by atoms with Gasteiger partial charge in [0.25, 0.3) is 0 Å². The highest BCUT2D eigenvalue weighted by Gasteiger charge is 2.16. The van der Waals surface area contributed by atoms with Crippen molar-refractivity contribution in [1.82, 2.24) is 9.78 Å². The Hall–Kier alpha value is -2.37. The van der Waals surface area contributed by atoms with Crippen LogP contribution in [0.2, 0.25) is 0 Å². The average Bonchev–Trinajstić information content (AvgIpc) is 2.90. The molecule has 1 heterocycles. The summed E-state index contributed by atoms with van der Waals surface area (Å²) in [6, 6.07) is 3.95. The molecule has 0 saturated carbocycles. The molecular formula is C15H21N3O3. The Bertz CT molecular complexity index is 585. The van der Waals surface area contributed by atoms with Crippen molar-refractivity contribution in [3.63, 3.8) is 0 Å². The molecule has 114 valence electrons. The first-order valence-corrected chi connectivity index (χ1v) is 6.64. The van der Waals surface area contributed by atoms with Gasteiger partial charge in [-0.25, -0.2) is 0 Å². The molecule has 0 radical (unpaired) electrons. The van der Waals surface area contributed by atoms with Crippen LogP contribution < -0.4 is 19.5 Å². The van der Waals surface area contributed by atoms with E-state index in [1.165, 1.54) is 0 Å². The molecule has 1 aromatic carbocycles. The summed E-state index contributed by atoms with van der Waals surface area (Å²) in [7, 11) is 6.70. The number of hydrogen-bond donors (Lipinski definition) is 1. The maximum atomic E-state index is 5.37. The highest BCUT2D eigenvalue weighted by atomic mass is 16.5. The summed E-state index contributed by atoms with van der Waals surface area (Å²) in [5.74, 6) is 1.88. The van der Waals surface area contributed by atoms with Gasteiger partial charge in [0.05, 0.1) is 33.2 Å². The van der Waals surface area contributed by atoms with Crippen molar-refractivity contribution in [2.45, 2.75) is 13.0 Å². The zero-order valence-corrected chi connectivity index (χ0v) is 13.0. The summed E-state index contributed by atoms with van der Waals surface area (Å²) in [5.41, 5.74) is 1.99. The molecule has 1 atom stereocenters. The number of nitrogens with zero attached hydrogens (tertiary/aromatic N) is 2. The van der Waals surface area contributed by atoms with E-state index >= 15 is 0 Å².